The van der Waals surface area contributed by atoms with Crippen molar-refractivity contribution in [3.63, 3.8) is 0 Å². The number of carbonyl (C=O) groups is 1. The molecular weight excluding hydrogens is 412 g/mol. The van der Waals surface area contributed by atoms with E-state index in [-0.39, 0.29) is 18.6 Å². The summed E-state index contributed by atoms with van der Waals surface area (Å²) in [5, 5.41) is 2.80. The van der Waals surface area contributed by atoms with Crippen LogP contribution in [0.1, 0.15) is 41.3 Å². The number of rotatable bonds is 10. The van der Waals surface area contributed by atoms with E-state index in [0.717, 1.165) is 17.1 Å². The first-order valence-electron chi connectivity index (χ1n) is 10.2. The summed E-state index contributed by atoms with van der Waals surface area (Å²) in [6.07, 6.45) is 0.867. The predicted octanol–water partition coefficient (Wildman–Crippen LogP) is 5.18. The number of nitrogens with zero attached hydrogens (tertiary/aromatic N) is 2. The highest BCUT2D eigenvalue weighted by molar-refractivity contribution is 7.09. The zero-order valence-electron chi connectivity index (χ0n) is 18.3. The molecule has 7 heteroatoms. The molecule has 0 spiro atoms. The van der Waals surface area contributed by atoms with Crippen LogP contribution in [0.2, 0.25) is 0 Å². The van der Waals surface area contributed by atoms with E-state index < -0.39 is 0 Å². The third-order valence-corrected chi connectivity index (χ3v) is 5.93. The largest absolute Gasteiger partial charge is 0.493 e. The molecule has 1 aromatic heterocycles. The minimum absolute atomic E-state index is 0.0134. The van der Waals surface area contributed by atoms with Crippen LogP contribution in [-0.2, 0) is 13.2 Å². The van der Waals surface area contributed by atoms with Crippen LogP contribution in [-0.4, -0.2) is 36.1 Å². The Morgan fingerprint density at radius 3 is 2.35 bits per heavy atom. The van der Waals surface area contributed by atoms with E-state index in [2.05, 4.69) is 18.8 Å². The van der Waals surface area contributed by atoms with Gasteiger partial charge in [-0.3, -0.25) is 4.79 Å². The summed E-state index contributed by atoms with van der Waals surface area (Å²) in [6.45, 7) is 4.89. The molecule has 3 rings (SSSR count). The maximum Gasteiger partial charge on any atom is 0.254 e. The highest BCUT2D eigenvalue weighted by atomic mass is 32.1. The minimum atomic E-state index is 0.0134. The predicted molar refractivity (Wildman–Crippen MR) is 122 cm³/mol. The van der Waals surface area contributed by atoms with Gasteiger partial charge in [-0.2, -0.15) is 0 Å². The average Bonchev–Trinajstić information content (AvgIpc) is 3.27. The number of ether oxygens (including phenoxy) is 3. The first-order valence-corrected chi connectivity index (χ1v) is 11.1. The van der Waals surface area contributed by atoms with Gasteiger partial charge in [-0.05, 0) is 37.6 Å². The second-order valence-corrected chi connectivity index (χ2v) is 8.01. The molecule has 6 nitrogen and oxygen atoms in total. The van der Waals surface area contributed by atoms with Crippen molar-refractivity contribution in [3.05, 3.63) is 70.2 Å². The summed E-state index contributed by atoms with van der Waals surface area (Å²) in [5.74, 6) is 1.77. The summed E-state index contributed by atoms with van der Waals surface area (Å²) in [5.41, 5.74) is 1.53. The molecule has 3 aromatic rings. The fraction of sp³-hybridized carbons (Fsp3) is 0.333. The molecule has 0 radical (unpaired) electrons. The highest BCUT2D eigenvalue weighted by Gasteiger charge is 2.22. The van der Waals surface area contributed by atoms with E-state index >= 15 is 0 Å². The first-order chi connectivity index (χ1) is 15.1. The molecule has 0 aliphatic heterocycles. The molecule has 2 aromatic carbocycles. The SMILES string of the molecule is CC[C@@H](C)N(Cc1csc(COc2c(OC)cccc2OC)n1)C(=O)c1ccccc1. The first kappa shape index (κ1) is 22.6. The summed E-state index contributed by atoms with van der Waals surface area (Å²) in [7, 11) is 3.19. The summed E-state index contributed by atoms with van der Waals surface area (Å²) in [4.78, 5) is 19.6. The number of carbonyl (C=O) groups excluding carboxylic acids is 1. The lowest BCUT2D eigenvalue weighted by Crippen LogP contribution is -2.37. The zero-order chi connectivity index (χ0) is 22.2. The Hall–Kier alpha value is -3.06. The number of benzene rings is 2. The normalized spacial score (nSPS) is 11.6. The molecule has 1 heterocycles. The van der Waals surface area contributed by atoms with Gasteiger partial charge in [-0.15, -0.1) is 11.3 Å². The fourth-order valence-corrected chi connectivity index (χ4v) is 3.85. The lowest BCUT2D eigenvalue weighted by atomic mass is 10.1. The fourth-order valence-electron chi connectivity index (χ4n) is 3.15. The van der Waals surface area contributed by atoms with Gasteiger partial charge in [-0.1, -0.05) is 31.2 Å². The third-order valence-electron chi connectivity index (χ3n) is 5.06. The molecule has 164 valence electrons. The van der Waals surface area contributed by atoms with E-state index in [1.807, 2.05) is 58.8 Å². The van der Waals surface area contributed by atoms with Gasteiger partial charge in [0.25, 0.3) is 5.91 Å². The van der Waals surface area contributed by atoms with Crippen LogP contribution in [0.4, 0.5) is 0 Å². The van der Waals surface area contributed by atoms with Crippen LogP contribution in [0.3, 0.4) is 0 Å². The molecule has 31 heavy (non-hydrogen) atoms. The van der Waals surface area contributed by atoms with Crippen LogP contribution in [0.25, 0.3) is 0 Å². The Labute approximate surface area is 187 Å². The smallest absolute Gasteiger partial charge is 0.254 e. The van der Waals surface area contributed by atoms with Crippen LogP contribution in [0.5, 0.6) is 17.2 Å². The van der Waals surface area contributed by atoms with E-state index in [1.165, 1.54) is 11.3 Å². The maximum absolute atomic E-state index is 13.1. The van der Waals surface area contributed by atoms with E-state index in [9.17, 15) is 4.79 Å². The van der Waals surface area contributed by atoms with Crippen molar-refractivity contribution < 1.29 is 19.0 Å². The lowest BCUT2D eigenvalue weighted by molar-refractivity contribution is 0.0669. The minimum Gasteiger partial charge on any atom is -0.493 e. The van der Waals surface area contributed by atoms with Gasteiger partial charge in [0.15, 0.2) is 11.5 Å². The summed E-state index contributed by atoms with van der Waals surface area (Å²) >= 11 is 1.51. The van der Waals surface area contributed by atoms with Crippen molar-refractivity contribution in [1.29, 1.82) is 0 Å². The van der Waals surface area contributed by atoms with Crippen LogP contribution >= 0.6 is 11.3 Å². The Kier molecular flexibility index (Phi) is 7.89. The number of methoxy groups -OCH3 is 2. The average molecular weight is 441 g/mol. The third kappa shape index (κ3) is 5.55. The highest BCUT2D eigenvalue weighted by Crippen LogP contribution is 2.37. The molecule has 0 fully saturated rings. The Bertz CT molecular complexity index is 968. The lowest BCUT2D eigenvalue weighted by Gasteiger charge is -2.28. The standard InChI is InChI=1S/C24H28N2O4S/c1-5-17(2)26(24(27)18-10-7-6-8-11-18)14-19-16-31-22(25-19)15-30-23-20(28-3)12-9-13-21(23)29-4/h6-13,16-17H,5,14-15H2,1-4H3/t17-/m1/s1. The van der Waals surface area contributed by atoms with Gasteiger partial charge in [0.1, 0.15) is 11.6 Å². The van der Waals surface area contributed by atoms with Crippen molar-refractivity contribution in [1.82, 2.24) is 9.88 Å². The molecule has 0 aliphatic carbocycles. The number of aromatic nitrogens is 1. The molecule has 0 N–H and O–H groups in total. The van der Waals surface area contributed by atoms with E-state index in [0.29, 0.717) is 29.4 Å². The number of hydrogen-bond donors (Lipinski definition) is 0. The summed E-state index contributed by atoms with van der Waals surface area (Å²) < 4.78 is 16.7. The second kappa shape index (κ2) is 10.8. The quantitative estimate of drug-likeness (QED) is 0.435. The molecule has 0 aliphatic rings. The van der Waals surface area contributed by atoms with Gasteiger partial charge >= 0.3 is 0 Å². The van der Waals surface area contributed by atoms with Crippen LogP contribution in [0, 0.1) is 0 Å². The molecule has 0 unspecified atom stereocenters. The Balaban J connectivity index is 1.72. The Morgan fingerprint density at radius 2 is 1.74 bits per heavy atom. The zero-order valence-corrected chi connectivity index (χ0v) is 19.1. The molecule has 0 bridgehead atoms. The number of thiazole rings is 1. The van der Waals surface area contributed by atoms with Crippen LogP contribution in [0.15, 0.2) is 53.9 Å². The Morgan fingerprint density at radius 1 is 1.06 bits per heavy atom. The molecular formula is C24H28N2O4S. The van der Waals surface area contributed by atoms with Crippen molar-refractivity contribution in [2.45, 2.75) is 39.5 Å². The topological polar surface area (TPSA) is 60.9 Å². The maximum atomic E-state index is 13.1. The molecule has 1 atom stereocenters. The van der Waals surface area contributed by atoms with Crippen molar-refractivity contribution in [2.24, 2.45) is 0 Å². The van der Waals surface area contributed by atoms with E-state index in [4.69, 9.17) is 14.2 Å². The van der Waals surface area contributed by atoms with Crippen molar-refractivity contribution in [3.8, 4) is 17.2 Å². The number of hydrogen-bond acceptors (Lipinski definition) is 6. The second-order valence-electron chi connectivity index (χ2n) is 7.07. The molecule has 0 saturated carbocycles. The van der Waals surface area contributed by atoms with Gasteiger partial charge in [-0.25, -0.2) is 4.98 Å². The van der Waals surface area contributed by atoms with E-state index in [1.54, 1.807) is 14.2 Å². The van der Waals surface area contributed by atoms with Crippen LogP contribution < -0.4 is 14.2 Å². The number of para-hydroxylation sites is 1. The molecule has 1 amide bonds. The van der Waals surface area contributed by atoms with Gasteiger partial charge in [0.05, 0.1) is 26.5 Å². The van der Waals surface area contributed by atoms with Crippen molar-refractivity contribution in [2.75, 3.05) is 14.2 Å². The van der Waals surface area contributed by atoms with Gasteiger partial charge in [0, 0.05) is 17.0 Å². The van der Waals surface area contributed by atoms with Gasteiger partial charge in [0.2, 0.25) is 5.75 Å². The number of amides is 1. The monoisotopic (exact) mass is 440 g/mol. The summed E-state index contributed by atoms with van der Waals surface area (Å²) in [6, 6.07) is 15.0. The van der Waals surface area contributed by atoms with Crippen molar-refractivity contribution >= 4 is 17.2 Å². The van der Waals surface area contributed by atoms with Gasteiger partial charge < -0.3 is 19.1 Å². The molecule has 0 saturated heterocycles.